The fraction of sp³-hybridized carbons (Fsp3) is 0.611. The van der Waals surface area contributed by atoms with Crippen molar-refractivity contribution in [2.45, 2.75) is 50.2 Å². The normalized spacial score (nSPS) is 17.4. The zero-order valence-electron chi connectivity index (χ0n) is 15.0. The van der Waals surface area contributed by atoms with Crippen LogP contribution in [0.15, 0.2) is 30.3 Å². The minimum absolute atomic E-state index is 0.0483. The molecule has 7 heteroatoms. The molecule has 2 rings (SSSR count). The molecule has 0 unspecified atom stereocenters. The first kappa shape index (κ1) is 20.3. The standard InChI is InChI=1S/C18H28N2O3S2/c1-3-13-25(22,23)19-17-9-11-20(12-10-17)18(21)15(2)24-14-16-7-5-4-6-8-16/h4-8,15,17,19H,3,9-14H2,1-2H3/t15-/m0/s1. The van der Waals surface area contributed by atoms with E-state index in [0.29, 0.717) is 32.4 Å². The number of hydrogen-bond donors (Lipinski definition) is 1. The Morgan fingerprint density at radius 1 is 1.28 bits per heavy atom. The van der Waals surface area contributed by atoms with Crippen molar-refractivity contribution < 1.29 is 13.2 Å². The summed E-state index contributed by atoms with van der Waals surface area (Å²) >= 11 is 1.65. The summed E-state index contributed by atoms with van der Waals surface area (Å²) in [6.45, 7) is 5.05. The highest BCUT2D eigenvalue weighted by Crippen LogP contribution is 2.21. The van der Waals surface area contributed by atoms with E-state index in [1.54, 1.807) is 11.8 Å². The summed E-state index contributed by atoms with van der Waals surface area (Å²) in [5.41, 5.74) is 1.22. The van der Waals surface area contributed by atoms with Gasteiger partial charge in [0.15, 0.2) is 0 Å². The lowest BCUT2D eigenvalue weighted by molar-refractivity contribution is -0.131. The number of nitrogens with zero attached hydrogens (tertiary/aromatic N) is 1. The third-order valence-electron chi connectivity index (χ3n) is 4.32. The van der Waals surface area contributed by atoms with E-state index >= 15 is 0 Å². The first-order chi connectivity index (χ1) is 11.9. The monoisotopic (exact) mass is 384 g/mol. The number of sulfonamides is 1. The maximum atomic E-state index is 12.6. The Bertz CT molecular complexity index is 642. The van der Waals surface area contributed by atoms with E-state index in [1.165, 1.54) is 5.56 Å². The molecule has 1 N–H and O–H groups in total. The Morgan fingerprint density at radius 3 is 2.52 bits per heavy atom. The van der Waals surface area contributed by atoms with Gasteiger partial charge in [-0.3, -0.25) is 4.79 Å². The number of nitrogens with one attached hydrogen (secondary N) is 1. The molecule has 1 aliphatic rings. The van der Waals surface area contributed by atoms with Crippen molar-refractivity contribution in [1.82, 2.24) is 9.62 Å². The van der Waals surface area contributed by atoms with Crippen LogP contribution < -0.4 is 4.72 Å². The van der Waals surface area contributed by atoms with Crippen molar-refractivity contribution in [3.05, 3.63) is 35.9 Å². The summed E-state index contributed by atoms with van der Waals surface area (Å²) in [5.74, 6) is 1.14. The SMILES string of the molecule is CCCS(=O)(=O)NC1CCN(C(=O)[C@H](C)SCc2ccccc2)CC1. The quantitative estimate of drug-likeness (QED) is 0.748. The zero-order valence-corrected chi connectivity index (χ0v) is 16.6. The second-order valence-corrected chi connectivity index (χ2v) is 9.68. The molecule has 1 saturated heterocycles. The van der Waals surface area contributed by atoms with E-state index in [0.717, 1.165) is 5.75 Å². The lowest BCUT2D eigenvalue weighted by Crippen LogP contribution is -2.48. The van der Waals surface area contributed by atoms with E-state index in [4.69, 9.17) is 0 Å². The Kier molecular flexibility index (Phi) is 7.78. The highest BCUT2D eigenvalue weighted by molar-refractivity contribution is 7.99. The van der Waals surface area contributed by atoms with Crippen molar-refractivity contribution in [2.24, 2.45) is 0 Å². The van der Waals surface area contributed by atoms with Crippen LogP contribution in [0.25, 0.3) is 0 Å². The maximum Gasteiger partial charge on any atom is 0.235 e. The molecule has 5 nitrogen and oxygen atoms in total. The van der Waals surface area contributed by atoms with Crippen LogP contribution in [0.1, 0.15) is 38.7 Å². The highest BCUT2D eigenvalue weighted by atomic mass is 32.2. The topological polar surface area (TPSA) is 66.5 Å². The number of carbonyl (C=O) groups excluding carboxylic acids is 1. The van der Waals surface area contributed by atoms with E-state index in [1.807, 2.05) is 36.9 Å². The van der Waals surface area contributed by atoms with Crippen LogP contribution in [0, 0.1) is 0 Å². The van der Waals surface area contributed by atoms with Gasteiger partial charge in [-0.1, -0.05) is 37.3 Å². The van der Waals surface area contributed by atoms with Crippen molar-refractivity contribution in [3.63, 3.8) is 0 Å². The van der Waals surface area contributed by atoms with Crippen molar-refractivity contribution >= 4 is 27.7 Å². The summed E-state index contributed by atoms with van der Waals surface area (Å²) in [7, 11) is -3.18. The second-order valence-electron chi connectivity index (χ2n) is 6.48. The van der Waals surface area contributed by atoms with Gasteiger partial charge in [0.25, 0.3) is 0 Å². The molecule has 0 aliphatic carbocycles. The lowest BCUT2D eigenvalue weighted by atomic mass is 10.1. The molecule has 1 aliphatic heterocycles. The molecule has 0 aromatic heterocycles. The molecule has 0 radical (unpaired) electrons. The fourth-order valence-electron chi connectivity index (χ4n) is 2.92. The summed E-state index contributed by atoms with van der Waals surface area (Å²) in [4.78, 5) is 14.4. The van der Waals surface area contributed by atoms with Gasteiger partial charge < -0.3 is 4.90 Å². The first-order valence-electron chi connectivity index (χ1n) is 8.85. The molecule has 140 valence electrons. The average molecular weight is 385 g/mol. The van der Waals surface area contributed by atoms with Crippen LogP contribution in [0.2, 0.25) is 0 Å². The molecule has 1 heterocycles. The molecule has 0 saturated carbocycles. The number of amides is 1. The Balaban J connectivity index is 1.76. The van der Waals surface area contributed by atoms with E-state index in [9.17, 15) is 13.2 Å². The number of hydrogen-bond acceptors (Lipinski definition) is 4. The zero-order chi connectivity index (χ0) is 18.3. The van der Waals surface area contributed by atoms with E-state index in [-0.39, 0.29) is 23.0 Å². The van der Waals surface area contributed by atoms with Crippen LogP contribution in [-0.2, 0) is 20.6 Å². The second kappa shape index (κ2) is 9.59. The number of piperidine rings is 1. The number of thioether (sulfide) groups is 1. The number of rotatable bonds is 8. The molecule has 1 aromatic rings. The van der Waals surface area contributed by atoms with Gasteiger partial charge in [-0.05, 0) is 31.7 Å². The van der Waals surface area contributed by atoms with Crippen LogP contribution in [0.5, 0.6) is 0 Å². The Morgan fingerprint density at radius 2 is 1.92 bits per heavy atom. The average Bonchev–Trinajstić information content (AvgIpc) is 2.60. The number of benzene rings is 1. The molecule has 0 bridgehead atoms. The van der Waals surface area contributed by atoms with Crippen LogP contribution in [0.3, 0.4) is 0 Å². The smallest absolute Gasteiger partial charge is 0.235 e. The Labute approximate surface area is 155 Å². The summed E-state index contributed by atoms with van der Waals surface area (Å²) in [5, 5.41) is -0.0893. The van der Waals surface area contributed by atoms with Crippen molar-refractivity contribution in [1.29, 1.82) is 0 Å². The number of carbonyl (C=O) groups is 1. The molecule has 1 amide bonds. The molecular formula is C18H28N2O3S2. The highest BCUT2D eigenvalue weighted by Gasteiger charge is 2.28. The summed E-state index contributed by atoms with van der Waals surface area (Å²) in [6.07, 6.45) is 1.98. The van der Waals surface area contributed by atoms with Gasteiger partial charge in [0.05, 0.1) is 11.0 Å². The molecule has 25 heavy (non-hydrogen) atoms. The largest absolute Gasteiger partial charge is 0.342 e. The lowest BCUT2D eigenvalue weighted by Gasteiger charge is -2.33. The van der Waals surface area contributed by atoms with Crippen LogP contribution in [0.4, 0.5) is 0 Å². The summed E-state index contributed by atoms with van der Waals surface area (Å²) in [6, 6.07) is 10.1. The third kappa shape index (κ3) is 6.64. The van der Waals surface area contributed by atoms with E-state index < -0.39 is 10.0 Å². The van der Waals surface area contributed by atoms with Gasteiger partial charge in [-0.15, -0.1) is 11.8 Å². The minimum Gasteiger partial charge on any atom is -0.342 e. The predicted octanol–water partition coefficient (Wildman–Crippen LogP) is 2.63. The Hall–Kier alpha value is -1.05. The molecule has 1 aromatic carbocycles. The molecule has 1 fully saturated rings. The number of likely N-dealkylation sites (tertiary alicyclic amines) is 1. The molecule has 0 spiro atoms. The fourth-order valence-corrected chi connectivity index (χ4v) is 5.25. The van der Waals surface area contributed by atoms with Gasteiger partial charge in [-0.2, -0.15) is 0 Å². The minimum atomic E-state index is -3.18. The van der Waals surface area contributed by atoms with Gasteiger partial charge in [0, 0.05) is 24.9 Å². The van der Waals surface area contributed by atoms with Gasteiger partial charge >= 0.3 is 0 Å². The molecule has 1 atom stereocenters. The maximum absolute atomic E-state index is 12.6. The summed E-state index contributed by atoms with van der Waals surface area (Å²) < 4.78 is 26.5. The van der Waals surface area contributed by atoms with Crippen LogP contribution >= 0.6 is 11.8 Å². The van der Waals surface area contributed by atoms with Gasteiger partial charge in [0.1, 0.15) is 0 Å². The predicted molar refractivity (Wildman–Crippen MR) is 104 cm³/mol. The first-order valence-corrected chi connectivity index (χ1v) is 11.6. The van der Waals surface area contributed by atoms with Crippen molar-refractivity contribution in [3.8, 4) is 0 Å². The van der Waals surface area contributed by atoms with Crippen LogP contribution in [-0.4, -0.2) is 49.4 Å². The third-order valence-corrected chi connectivity index (χ3v) is 7.16. The van der Waals surface area contributed by atoms with Gasteiger partial charge in [0.2, 0.25) is 15.9 Å². The van der Waals surface area contributed by atoms with E-state index in [2.05, 4.69) is 16.9 Å². The van der Waals surface area contributed by atoms with Crippen molar-refractivity contribution in [2.75, 3.05) is 18.8 Å². The van der Waals surface area contributed by atoms with Gasteiger partial charge in [-0.25, -0.2) is 13.1 Å². The molecular weight excluding hydrogens is 356 g/mol.